The molecule has 2 rings (SSSR count). The molecule has 0 unspecified atom stereocenters. The van der Waals surface area contributed by atoms with Crippen molar-refractivity contribution in [3.63, 3.8) is 0 Å². The minimum atomic E-state index is -0.727. The molecule has 0 heterocycles. The van der Waals surface area contributed by atoms with E-state index >= 15 is 0 Å². The van der Waals surface area contributed by atoms with E-state index in [-0.39, 0.29) is 0 Å². The third-order valence-corrected chi connectivity index (χ3v) is 4.35. The Labute approximate surface area is 128 Å². The smallest absolute Gasteiger partial charge is 0.125 e. The predicted molar refractivity (Wildman–Crippen MR) is 86.7 cm³/mol. The van der Waals surface area contributed by atoms with Gasteiger partial charge in [0.2, 0.25) is 0 Å². The number of hydrogen-bond donors (Lipinski definition) is 2. The van der Waals surface area contributed by atoms with Crippen molar-refractivity contribution in [2.75, 3.05) is 13.2 Å². The van der Waals surface area contributed by atoms with Crippen molar-refractivity contribution in [3.8, 4) is 5.75 Å². The highest BCUT2D eigenvalue weighted by Gasteiger charge is 2.36. The molecule has 118 valence electrons. The molecule has 0 bridgehead atoms. The minimum absolute atomic E-state index is 0.550. The fraction of sp³-hybridized carbons (Fsp3) is 0.667. The molecule has 1 saturated carbocycles. The molecule has 1 aliphatic rings. The first-order chi connectivity index (χ1) is 10.2. The van der Waals surface area contributed by atoms with Gasteiger partial charge in [0.25, 0.3) is 0 Å². The monoisotopic (exact) mass is 291 g/mol. The summed E-state index contributed by atoms with van der Waals surface area (Å²) in [6, 6.07) is 8.52. The second kappa shape index (κ2) is 7.81. The average Bonchev–Trinajstić information content (AvgIpc) is 2.53. The normalized spacial score (nSPS) is 25.8. The van der Waals surface area contributed by atoms with Gasteiger partial charge in [-0.3, -0.25) is 0 Å². The molecule has 3 heteroatoms. The molecule has 1 fully saturated rings. The zero-order valence-corrected chi connectivity index (χ0v) is 13.4. The summed E-state index contributed by atoms with van der Waals surface area (Å²) in [6.45, 7) is 6.06. The molecule has 3 nitrogen and oxygen atoms in total. The van der Waals surface area contributed by atoms with Gasteiger partial charge in [-0.05, 0) is 51.1 Å². The standard InChI is InChI=1S/C18H29NO2/c1-3-13-19-15-9-11-18(20,12-10-15)16-7-5-6-8-17(16)21-14-4-2/h5-8,15,19-20H,3-4,9-14H2,1-2H3. The van der Waals surface area contributed by atoms with E-state index < -0.39 is 5.60 Å². The summed E-state index contributed by atoms with van der Waals surface area (Å²) >= 11 is 0. The molecule has 0 aromatic heterocycles. The predicted octanol–water partition coefficient (Wildman–Crippen LogP) is 3.61. The second-order valence-electron chi connectivity index (χ2n) is 6.10. The van der Waals surface area contributed by atoms with Gasteiger partial charge in [-0.1, -0.05) is 32.0 Å². The first-order valence-corrected chi connectivity index (χ1v) is 8.37. The molecule has 1 aliphatic carbocycles. The summed E-state index contributed by atoms with van der Waals surface area (Å²) in [5, 5.41) is 14.6. The Morgan fingerprint density at radius 1 is 1.19 bits per heavy atom. The highest BCUT2D eigenvalue weighted by Crippen LogP contribution is 2.41. The average molecular weight is 291 g/mol. The van der Waals surface area contributed by atoms with Gasteiger partial charge in [-0.15, -0.1) is 0 Å². The Morgan fingerprint density at radius 2 is 1.90 bits per heavy atom. The Morgan fingerprint density at radius 3 is 2.57 bits per heavy atom. The lowest BCUT2D eigenvalue weighted by Crippen LogP contribution is -2.40. The number of aliphatic hydroxyl groups is 1. The minimum Gasteiger partial charge on any atom is -0.493 e. The SMILES string of the molecule is CCCNC1CCC(O)(c2ccccc2OCCC)CC1. The zero-order chi connectivity index (χ0) is 15.1. The van der Waals surface area contributed by atoms with Crippen LogP contribution < -0.4 is 10.1 Å². The van der Waals surface area contributed by atoms with Crippen LogP contribution in [-0.2, 0) is 5.60 Å². The van der Waals surface area contributed by atoms with Crippen LogP contribution in [0.3, 0.4) is 0 Å². The molecule has 0 aliphatic heterocycles. The summed E-state index contributed by atoms with van der Waals surface area (Å²) < 4.78 is 5.82. The van der Waals surface area contributed by atoms with Crippen LogP contribution in [0.1, 0.15) is 57.9 Å². The summed E-state index contributed by atoms with van der Waals surface area (Å²) in [5.74, 6) is 0.849. The maximum absolute atomic E-state index is 11.1. The van der Waals surface area contributed by atoms with Crippen molar-refractivity contribution in [2.45, 2.75) is 64.0 Å². The van der Waals surface area contributed by atoms with E-state index in [1.54, 1.807) is 0 Å². The highest BCUT2D eigenvalue weighted by atomic mass is 16.5. The number of nitrogens with one attached hydrogen (secondary N) is 1. The summed E-state index contributed by atoms with van der Waals surface area (Å²) in [4.78, 5) is 0. The molecule has 0 spiro atoms. The van der Waals surface area contributed by atoms with Crippen LogP contribution in [0, 0.1) is 0 Å². The van der Waals surface area contributed by atoms with Crippen LogP contribution in [0.2, 0.25) is 0 Å². The van der Waals surface area contributed by atoms with Gasteiger partial charge in [0.05, 0.1) is 12.2 Å². The molecular formula is C18H29NO2. The van der Waals surface area contributed by atoms with Crippen molar-refractivity contribution in [3.05, 3.63) is 29.8 Å². The van der Waals surface area contributed by atoms with Gasteiger partial charge in [0, 0.05) is 11.6 Å². The summed E-state index contributed by atoms with van der Waals surface area (Å²) in [6.07, 6.45) is 5.81. The maximum Gasteiger partial charge on any atom is 0.125 e. The van der Waals surface area contributed by atoms with Crippen molar-refractivity contribution in [1.29, 1.82) is 0 Å². The third kappa shape index (κ3) is 4.21. The Hall–Kier alpha value is -1.06. The fourth-order valence-electron chi connectivity index (χ4n) is 3.11. The summed E-state index contributed by atoms with van der Waals surface area (Å²) in [5.41, 5.74) is 0.238. The first-order valence-electron chi connectivity index (χ1n) is 8.37. The van der Waals surface area contributed by atoms with Crippen LogP contribution >= 0.6 is 0 Å². The lowest BCUT2D eigenvalue weighted by molar-refractivity contribution is -0.0105. The molecule has 21 heavy (non-hydrogen) atoms. The molecule has 1 aromatic rings. The zero-order valence-electron chi connectivity index (χ0n) is 13.4. The Bertz CT molecular complexity index is 425. The van der Waals surface area contributed by atoms with E-state index in [9.17, 15) is 5.11 Å². The quantitative estimate of drug-likeness (QED) is 0.806. The topological polar surface area (TPSA) is 41.5 Å². The largest absolute Gasteiger partial charge is 0.493 e. The Kier molecular flexibility index (Phi) is 6.07. The number of hydrogen-bond acceptors (Lipinski definition) is 3. The molecule has 0 amide bonds. The molecular weight excluding hydrogens is 262 g/mol. The van der Waals surface area contributed by atoms with Gasteiger partial charge in [-0.25, -0.2) is 0 Å². The molecule has 2 N–H and O–H groups in total. The van der Waals surface area contributed by atoms with E-state index in [1.165, 1.54) is 0 Å². The van der Waals surface area contributed by atoms with Crippen LogP contribution in [0.25, 0.3) is 0 Å². The summed E-state index contributed by atoms with van der Waals surface area (Å²) in [7, 11) is 0. The number of rotatable bonds is 7. The van der Waals surface area contributed by atoms with E-state index in [4.69, 9.17) is 4.74 Å². The molecule has 0 saturated heterocycles. The fourth-order valence-corrected chi connectivity index (χ4v) is 3.11. The Balaban J connectivity index is 2.04. The van der Waals surface area contributed by atoms with Gasteiger partial charge < -0.3 is 15.2 Å². The van der Waals surface area contributed by atoms with Crippen LogP contribution in [0.15, 0.2) is 24.3 Å². The van der Waals surface area contributed by atoms with Gasteiger partial charge in [0.15, 0.2) is 0 Å². The van der Waals surface area contributed by atoms with Gasteiger partial charge in [0.1, 0.15) is 5.75 Å². The van der Waals surface area contributed by atoms with E-state index in [2.05, 4.69) is 19.2 Å². The number of ether oxygens (including phenoxy) is 1. The first kappa shape index (κ1) is 16.3. The van der Waals surface area contributed by atoms with Gasteiger partial charge >= 0.3 is 0 Å². The second-order valence-corrected chi connectivity index (χ2v) is 6.10. The van der Waals surface area contributed by atoms with Crippen molar-refractivity contribution < 1.29 is 9.84 Å². The molecule has 0 radical (unpaired) electrons. The number of para-hydroxylation sites is 1. The van der Waals surface area contributed by atoms with Crippen LogP contribution in [-0.4, -0.2) is 24.3 Å². The lowest BCUT2D eigenvalue weighted by Gasteiger charge is -2.37. The number of benzene rings is 1. The van der Waals surface area contributed by atoms with Crippen molar-refractivity contribution in [2.24, 2.45) is 0 Å². The van der Waals surface area contributed by atoms with Crippen molar-refractivity contribution in [1.82, 2.24) is 5.32 Å². The highest BCUT2D eigenvalue weighted by molar-refractivity contribution is 5.38. The van der Waals surface area contributed by atoms with E-state index in [0.29, 0.717) is 12.6 Å². The van der Waals surface area contributed by atoms with Crippen LogP contribution in [0.4, 0.5) is 0 Å². The third-order valence-electron chi connectivity index (χ3n) is 4.35. The lowest BCUT2D eigenvalue weighted by atomic mass is 9.77. The van der Waals surface area contributed by atoms with E-state index in [1.807, 2.05) is 24.3 Å². The van der Waals surface area contributed by atoms with Crippen LogP contribution in [0.5, 0.6) is 5.75 Å². The van der Waals surface area contributed by atoms with Crippen molar-refractivity contribution >= 4 is 0 Å². The molecule has 1 aromatic carbocycles. The van der Waals surface area contributed by atoms with E-state index in [0.717, 1.165) is 56.4 Å². The maximum atomic E-state index is 11.1. The van der Waals surface area contributed by atoms with Gasteiger partial charge in [-0.2, -0.15) is 0 Å². The molecule has 0 atom stereocenters.